The van der Waals surface area contributed by atoms with Gasteiger partial charge in [-0.1, -0.05) is 6.07 Å². The second-order valence-corrected chi connectivity index (χ2v) is 4.28. The number of benzene rings is 2. The summed E-state index contributed by atoms with van der Waals surface area (Å²) in [5.74, 6) is -3.34. The van der Waals surface area contributed by atoms with Crippen LogP contribution in [0.3, 0.4) is 0 Å². The molecule has 0 saturated carbocycles. The Morgan fingerprint density at radius 2 is 1.85 bits per heavy atom. The van der Waals surface area contributed by atoms with Crippen molar-refractivity contribution in [2.24, 2.45) is 0 Å². The highest BCUT2D eigenvalue weighted by Crippen LogP contribution is 2.22. The van der Waals surface area contributed by atoms with E-state index >= 15 is 0 Å². The molecule has 0 heterocycles. The molecule has 2 aromatic rings. The first kappa shape index (κ1) is 13.9. The van der Waals surface area contributed by atoms with Crippen LogP contribution in [-0.4, -0.2) is 5.91 Å². The van der Waals surface area contributed by atoms with Crippen molar-refractivity contribution in [2.75, 3.05) is 11.1 Å². The summed E-state index contributed by atoms with van der Waals surface area (Å²) in [5, 5.41) is 2.08. The largest absolute Gasteiger partial charge is 0.399 e. The third kappa shape index (κ3) is 2.74. The number of nitrogen functional groups attached to an aromatic ring is 1. The van der Waals surface area contributed by atoms with Crippen molar-refractivity contribution in [3.05, 3.63) is 58.9 Å². The van der Waals surface area contributed by atoms with E-state index in [1.807, 2.05) is 0 Å². The molecule has 0 saturated heterocycles. The number of anilines is 2. The Hall–Kier alpha value is -2.50. The van der Waals surface area contributed by atoms with E-state index in [0.29, 0.717) is 0 Å². The minimum Gasteiger partial charge on any atom is -0.399 e. The fourth-order valence-corrected chi connectivity index (χ4v) is 1.70. The number of hydrogen-bond acceptors (Lipinski definition) is 2. The highest BCUT2D eigenvalue weighted by atomic mass is 19.1. The molecule has 104 valence electrons. The molecule has 0 atom stereocenters. The summed E-state index contributed by atoms with van der Waals surface area (Å²) in [6, 6.07) is 5.46. The fourth-order valence-electron chi connectivity index (χ4n) is 1.70. The molecule has 0 aliphatic heterocycles. The smallest absolute Gasteiger partial charge is 0.255 e. The third-order valence-corrected chi connectivity index (χ3v) is 2.71. The Balaban J connectivity index is 2.35. The van der Waals surface area contributed by atoms with E-state index in [4.69, 9.17) is 5.73 Å². The molecule has 3 nitrogen and oxygen atoms in total. The molecule has 6 heteroatoms. The molecule has 0 fully saturated rings. The molecule has 0 spiro atoms. The van der Waals surface area contributed by atoms with Crippen molar-refractivity contribution in [1.29, 1.82) is 0 Å². The van der Waals surface area contributed by atoms with Gasteiger partial charge in [0.05, 0.1) is 0 Å². The van der Waals surface area contributed by atoms with Gasteiger partial charge in [0, 0.05) is 11.3 Å². The number of aryl methyl sites for hydroxylation is 1. The predicted molar refractivity (Wildman–Crippen MR) is 69.9 cm³/mol. The van der Waals surface area contributed by atoms with Crippen molar-refractivity contribution < 1.29 is 18.0 Å². The molecule has 0 aliphatic rings. The standard InChI is InChI=1S/C14H11F3N2O/c1-7-2-3-11(16)13(12(7)17)19-14(20)8-4-9(15)6-10(18)5-8/h2-6H,18H2,1H3,(H,19,20). The van der Waals surface area contributed by atoms with Crippen LogP contribution in [-0.2, 0) is 0 Å². The van der Waals surface area contributed by atoms with Gasteiger partial charge >= 0.3 is 0 Å². The Labute approximate surface area is 113 Å². The average molecular weight is 280 g/mol. The molecule has 0 aliphatic carbocycles. The summed E-state index contributed by atoms with van der Waals surface area (Å²) in [4.78, 5) is 11.9. The van der Waals surface area contributed by atoms with Gasteiger partial charge in [0.1, 0.15) is 17.3 Å². The number of carbonyl (C=O) groups is 1. The van der Waals surface area contributed by atoms with Gasteiger partial charge in [-0.25, -0.2) is 13.2 Å². The maximum absolute atomic E-state index is 13.7. The Morgan fingerprint density at radius 1 is 1.15 bits per heavy atom. The normalized spacial score (nSPS) is 10.4. The fraction of sp³-hybridized carbons (Fsp3) is 0.0714. The van der Waals surface area contributed by atoms with Gasteiger partial charge in [-0.15, -0.1) is 0 Å². The number of hydrogen-bond donors (Lipinski definition) is 2. The Morgan fingerprint density at radius 3 is 2.50 bits per heavy atom. The lowest BCUT2D eigenvalue weighted by atomic mass is 10.1. The SMILES string of the molecule is Cc1ccc(F)c(NC(=O)c2cc(N)cc(F)c2)c1F. The van der Waals surface area contributed by atoms with E-state index in [-0.39, 0.29) is 16.8 Å². The topological polar surface area (TPSA) is 55.1 Å². The number of rotatable bonds is 2. The lowest BCUT2D eigenvalue weighted by Gasteiger charge is -2.09. The minimum absolute atomic E-state index is 0.0420. The summed E-state index contributed by atoms with van der Waals surface area (Å²) in [6.45, 7) is 1.44. The molecule has 0 aromatic heterocycles. The van der Waals surface area contributed by atoms with E-state index in [1.54, 1.807) is 0 Å². The summed E-state index contributed by atoms with van der Waals surface area (Å²) < 4.78 is 40.4. The zero-order valence-corrected chi connectivity index (χ0v) is 10.5. The van der Waals surface area contributed by atoms with E-state index in [0.717, 1.165) is 18.2 Å². The molecule has 0 radical (unpaired) electrons. The van der Waals surface area contributed by atoms with Crippen LogP contribution in [0.15, 0.2) is 30.3 Å². The molecule has 2 aromatic carbocycles. The lowest BCUT2D eigenvalue weighted by Crippen LogP contribution is -2.15. The van der Waals surface area contributed by atoms with Gasteiger partial charge in [-0.05, 0) is 36.8 Å². The van der Waals surface area contributed by atoms with Gasteiger partial charge < -0.3 is 11.1 Å². The van der Waals surface area contributed by atoms with Crippen LogP contribution in [0.1, 0.15) is 15.9 Å². The molecule has 20 heavy (non-hydrogen) atoms. The first-order valence-electron chi connectivity index (χ1n) is 5.70. The number of nitrogens with one attached hydrogen (secondary N) is 1. The molecule has 2 rings (SSSR count). The Bertz CT molecular complexity index is 666. The second-order valence-electron chi connectivity index (χ2n) is 4.28. The minimum atomic E-state index is -0.911. The van der Waals surface area contributed by atoms with Crippen molar-refractivity contribution in [2.45, 2.75) is 6.92 Å². The van der Waals surface area contributed by atoms with Gasteiger partial charge in [0.25, 0.3) is 5.91 Å². The van der Waals surface area contributed by atoms with Crippen molar-refractivity contribution in [1.82, 2.24) is 0 Å². The average Bonchev–Trinajstić information content (AvgIpc) is 2.38. The number of carbonyl (C=O) groups excluding carboxylic acids is 1. The molecule has 0 unspecified atom stereocenters. The molecular weight excluding hydrogens is 269 g/mol. The lowest BCUT2D eigenvalue weighted by molar-refractivity contribution is 0.102. The summed E-state index contributed by atoms with van der Waals surface area (Å²) >= 11 is 0. The highest BCUT2D eigenvalue weighted by Gasteiger charge is 2.16. The van der Waals surface area contributed by atoms with Crippen LogP contribution >= 0.6 is 0 Å². The predicted octanol–water partition coefficient (Wildman–Crippen LogP) is 3.25. The monoisotopic (exact) mass is 280 g/mol. The second kappa shape index (κ2) is 5.24. The van der Waals surface area contributed by atoms with E-state index in [2.05, 4.69) is 5.32 Å². The maximum Gasteiger partial charge on any atom is 0.255 e. The van der Waals surface area contributed by atoms with Gasteiger partial charge in [0.15, 0.2) is 5.82 Å². The van der Waals surface area contributed by atoms with Crippen LogP contribution in [0.25, 0.3) is 0 Å². The van der Waals surface area contributed by atoms with Gasteiger partial charge in [0.2, 0.25) is 0 Å². The molecule has 3 N–H and O–H groups in total. The number of halogens is 3. The number of nitrogens with two attached hydrogens (primary N) is 1. The van der Waals surface area contributed by atoms with Crippen molar-refractivity contribution in [3.63, 3.8) is 0 Å². The quantitative estimate of drug-likeness (QED) is 0.830. The zero-order valence-electron chi connectivity index (χ0n) is 10.5. The number of amides is 1. The van der Waals surface area contributed by atoms with E-state index in [1.165, 1.54) is 19.1 Å². The highest BCUT2D eigenvalue weighted by molar-refractivity contribution is 6.05. The van der Waals surface area contributed by atoms with Crippen LogP contribution < -0.4 is 11.1 Å². The zero-order chi connectivity index (χ0) is 14.9. The first-order chi connectivity index (χ1) is 9.38. The maximum atomic E-state index is 13.7. The summed E-state index contributed by atoms with van der Waals surface area (Å²) in [5.41, 5.74) is 4.94. The van der Waals surface area contributed by atoms with Gasteiger partial charge in [-0.3, -0.25) is 4.79 Å². The van der Waals surface area contributed by atoms with Gasteiger partial charge in [-0.2, -0.15) is 0 Å². The van der Waals surface area contributed by atoms with Crippen molar-refractivity contribution >= 4 is 17.3 Å². The summed E-state index contributed by atoms with van der Waals surface area (Å²) in [6.07, 6.45) is 0. The van der Waals surface area contributed by atoms with Crippen LogP contribution in [0, 0.1) is 24.4 Å². The van der Waals surface area contributed by atoms with E-state index < -0.39 is 29.0 Å². The van der Waals surface area contributed by atoms with Crippen molar-refractivity contribution in [3.8, 4) is 0 Å². The Kier molecular flexibility index (Phi) is 3.65. The third-order valence-electron chi connectivity index (χ3n) is 2.71. The summed E-state index contributed by atoms with van der Waals surface area (Å²) in [7, 11) is 0. The van der Waals surface area contributed by atoms with Crippen LogP contribution in [0.5, 0.6) is 0 Å². The molecular formula is C14H11F3N2O. The molecule has 1 amide bonds. The van der Waals surface area contributed by atoms with E-state index in [9.17, 15) is 18.0 Å². The first-order valence-corrected chi connectivity index (χ1v) is 5.70. The molecule has 0 bridgehead atoms. The van der Waals surface area contributed by atoms with Crippen LogP contribution in [0.2, 0.25) is 0 Å². The van der Waals surface area contributed by atoms with Crippen LogP contribution in [0.4, 0.5) is 24.5 Å².